The van der Waals surface area contributed by atoms with Gasteiger partial charge in [0.15, 0.2) is 23.3 Å². The zero-order valence-electron chi connectivity index (χ0n) is 20.0. The highest BCUT2D eigenvalue weighted by atomic mass is 19.1. The summed E-state index contributed by atoms with van der Waals surface area (Å²) in [6.07, 6.45) is 1.56. The molecule has 4 atom stereocenters. The molecule has 35 heavy (non-hydrogen) atoms. The lowest BCUT2D eigenvalue weighted by Gasteiger charge is -2.31. The van der Waals surface area contributed by atoms with Crippen LogP contribution in [0.5, 0.6) is 17.2 Å². The maximum atomic E-state index is 13.7. The molecule has 0 radical (unpaired) electrons. The van der Waals surface area contributed by atoms with Crippen LogP contribution in [0.1, 0.15) is 50.0 Å². The average molecular weight is 491 g/mol. The van der Waals surface area contributed by atoms with E-state index in [-0.39, 0.29) is 17.9 Å². The average Bonchev–Trinajstić information content (AvgIpc) is 2.88. The number of nitrogens with one attached hydrogen (secondary N) is 1. The van der Waals surface area contributed by atoms with E-state index in [4.69, 9.17) is 18.9 Å². The lowest BCUT2D eigenvalue weighted by Crippen LogP contribution is -2.46. The molecule has 10 heteroatoms. The number of esters is 1. The highest BCUT2D eigenvalue weighted by molar-refractivity contribution is 5.97. The van der Waals surface area contributed by atoms with Gasteiger partial charge in [0.1, 0.15) is 23.7 Å². The number of ether oxygens (including phenoxy) is 4. The first-order valence-corrected chi connectivity index (χ1v) is 11.6. The van der Waals surface area contributed by atoms with Gasteiger partial charge in [0.05, 0.1) is 13.2 Å². The van der Waals surface area contributed by atoms with Crippen LogP contribution in [0.3, 0.4) is 0 Å². The summed E-state index contributed by atoms with van der Waals surface area (Å²) in [6.45, 7) is 4.13. The second kappa shape index (κ2) is 12.3. The first kappa shape index (κ1) is 26.2. The highest BCUT2D eigenvalue weighted by Gasteiger charge is 2.36. The first-order valence-electron chi connectivity index (χ1n) is 11.6. The molecule has 0 spiro atoms. The van der Waals surface area contributed by atoms with Gasteiger partial charge >= 0.3 is 5.97 Å². The molecule has 2 heterocycles. The van der Waals surface area contributed by atoms with Crippen LogP contribution in [-0.4, -0.2) is 60.0 Å². The number of aromatic hydroxyl groups is 1. The van der Waals surface area contributed by atoms with E-state index in [0.29, 0.717) is 25.2 Å². The Balaban J connectivity index is 1.78. The Morgan fingerprint density at radius 3 is 2.83 bits per heavy atom. The molecule has 2 aromatic rings. The monoisotopic (exact) mass is 490 g/mol. The molecule has 1 amide bonds. The topological polar surface area (TPSA) is 116 Å². The molecule has 1 aliphatic heterocycles. The van der Waals surface area contributed by atoms with E-state index in [2.05, 4.69) is 10.3 Å². The number of rotatable bonds is 8. The summed E-state index contributed by atoms with van der Waals surface area (Å²) in [4.78, 5) is 29.7. The van der Waals surface area contributed by atoms with E-state index in [1.165, 1.54) is 37.6 Å². The Labute approximate surface area is 203 Å². The third-order valence-electron chi connectivity index (χ3n) is 5.63. The molecule has 9 nitrogen and oxygen atoms in total. The van der Waals surface area contributed by atoms with Crippen molar-refractivity contribution in [3.05, 3.63) is 48.0 Å². The van der Waals surface area contributed by atoms with Gasteiger partial charge in [-0.3, -0.25) is 4.79 Å². The Morgan fingerprint density at radius 1 is 1.31 bits per heavy atom. The Bertz CT molecular complexity index is 1020. The van der Waals surface area contributed by atoms with Gasteiger partial charge in [-0.25, -0.2) is 14.2 Å². The number of amides is 1. The van der Waals surface area contributed by atoms with Crippen molar-refractivity contribution in [2.45, 2.75) is 63.9 Å². The number of nitrogens with zero attached hydrogens (tertiary/aromatic N) is 1. The van der Waals surface area contributed by atoms with Gasteiger partial charge < -0.3 is 29.4 Å². The number of hydrogen-bond donors (Lipinski definition) is 2. The predicted octanol–water partition coefficient (Wildman–Crippen LogP) is 3.39. The fourth-order valence-electron chi connectivity index (χ4n) is 3.88. The Kier molecular flexibility index (Phi) is 9.25. The molecule has 1 aromatic carbocycles. The third-order valence-corrected chi connectivity index (χ3v) is 5.63. The van der Waals surface area contributed by atoms with Crippen LogP contribution < -0.4 is 14.8 Å². The third kappa shape index (κ3) is 6.82. The quantitative estimate of drug-likeness (QED) is 0.541. The second-order valence-corrected chi connectivity index (χ2v) is 8.26. The molecule has 1 saturated heterocycles. The van der Waals surface area contributed by atoms with E-state index < -0.39 is 47.8 Å². The fraction of sp³-hybridized carbons (Fsp3) is 0.480. The number of carbonyl (C=O) groups is 2. The number of carbonyl (C=O) groups excluding carboxylic acids is 2. The van der Waals surface area contributed by atoms with Crippen molar-refractivity contribution in [2.75, 3.05) is 13.7 Å². The van der Waals surface area contributed by atoms with Crippen molar-refractivity contribution in [3.63, 3.8) is 0 Å². The second-order valence-electron chi connectivity index (χ2n) is 8.26. The van der Waals surface area contributed by atoms with E-state index in [0.717, 1.165) is 6.42 Å². The smallest absolute Gasteiger partial charge is 0.329 e. The van der Waals surface area contributed by atoms with Gasteiger partial charge in [0, 0.05) is 24.9 Å². The summed E-state index contributed by atoms with van der Waals surface area (Å²) in [6, 6.07) is 6.17. The number of cyclic esters (lactones) is 1. The summed E-state index contributed by atoms with van der Waals surface area (Å²) >= 11 is 0. The summed E-state index contributed by atoms with van der Waals surface area (Å²) < 4.78 is 36.4. The van der Waals surface area contributed by atoms with Crippen LogP contribution in [-0.2, 0) is 14.3 Å². The molecule has 1 aromatic heterocycles. The van der Waals surface area contributed by atoms with Crippen LogP contribution in [0.2, 0.25) is 0 Å². The van der Waals surface area contributed by atoms with Gasteiger partial charge in [-0.05, 0) is 44.7 Å². The number of halogens is 1. The molecule has 0 bridgehead atoms. The molecule has 2 N–H and O–H groups in total. The van der Waals surface area contributed by atoms with E-state index in [1.54, 1.807) is 13.0 Å². The number of benzene rings is 1. The molecule has 0 saturated carbocycles. The van der Waals surface area contributed by atoms with Crippen molar-refractivity contribution in [1.82, 2.24) is 10.3 Å². The molecular formula is C25H31FN2O7. The largest absolute Gasteiger partial charge is 0.503 e. The maximum Gasteiger partial charge on any atom is 0.329 e. The van der Waals surface area contributed by atoms with Gasteiger partial charge in [-0.1, -0.05) is 13.0 Å². The lowest BCUT2D eigenvalue weighted by atomic mass is 10.0. The molecule has 0 unspecified atom stereocenters. The minimum absolute atomic E-state index is 0.0871. The number of pyridine rings is 1. The van der Waals surface area contributed by atoms with Crippen LogP contribution in [0.15, 0.2) is 36.5 Å². The van der Waals surface area contributed by atoms with E-state index >= 15 is 0 Å². The SMILES string of the molecule is CCCO[C@H]1CCC[C@H](NC(=O)c2nccc(OC)c2O)C(=O)O[C@@H](C)[C@@H]1Oc1cccc(F)c1. The van der Waals surface area contributed by atoms with Crippen molar-refractivity contribution in [1.29, 1.82) is 0 Å². The van der Waals surface area contributed by atoms with Crippen LogP contribution in [0.25, 0.3) is 0 Å². The normalized spacial score (nSPS) is 22.8. The molecule has 3 rings (SSSR count). The summed E-state index contributed by atoms with van der Waals surface area (Å²) in [5, 5.41) is 12.8. The first-order chi connectivity index (χ1) is 16.8. The molecule has 0 aliphatic carbocycles. The number of aromatic nitrogens is 1. The van der Waals surface area contributed by atoms with Crippen LogP contribution in [0.4, 0.5) is 4.39 Å². The van der Waals surface area contributed by atoms with Crippen LogP contribution in [0, 0.1) is 5.82 Å². The van der Waals surface area contributed by atoms with Gasteiger partial charge in [0.2, 0.25) is 0 Å². The van der Waals surface area contributed by atoms with E-state index in [9.17, 15) is 19.1 Å². The Morgan fingerprint density at radius 2 is 2.11 bits per heavy atom. The molecule has 190 valence electrons. The van der Waals surface area contributed by atoms with E-state index in [1.807, 2.05) is 6.92 Å². The Hall–Kier alpha value is -3.40. The summed E-state index contributed by atoms with van der Waals surface area (Å²) in [7, 11) is 1.35. The van der Waals surface area contributed by atoms with Crippen molar-refractivity contribution in [3.8, 4) is 17.2 Å². The molecule has 1 aliphatic rings. The maximum absolute atomic E-state index is 13.7. The standard InChI is InChI=1S/C25H31FN2O7/c1-4-13-33-20-10-6-9-18(28-24(30)21-22(29)19(32-3)11-12-27-21)25(31)34-15(2)23(20)35-17-8-5-7-16(26)14-17/h5,7-8,11-12,14-15,18,20,23,29H,4,6,9-10,13H2,1-3H3,(H,28,30)/t15-,18-,20-,23-/m0/s1. The number of hydrogen-bond acceptors (Lipinski definition) is 8. The summed E-state index contributed by atoms with van der Waals surface area (Å²) in [5.41, 5.74) is -0.262. The zero-order valence-corrected chi connectivity index (χ0v) is 20.0. The zero-order chi connectivity index (χ0) is 25.4. The van der Waals surface area contributed by atoms with Crippen LogP contribution >= 0.6 is 0 Å². The fourth-order valence-corrected chi connectivity index (χ4v) is 3.88. The van der Waals surface area contributed by atoms with Gasteiger partial charge in [-0.15, -0.1) is 0 Å². The van der Waals surface area contributed by atoms with Crippen molar-refractivity contribution >= 4 is 11.9 Å². The summed E-state index contributed by atoms with van der Waals surface area (Å²) in [5.74, 6) is -1.87. The van der Waals surface area contributed by atoms with Crippen molar-refractivity contribution < 1.29 is 38.0 Å². The molecular weight excluding hydrogens is 459 g/mol. The lowest BCUT2D eigenvalue weighted by molar-refractivity contribution is -0.159. The minimum Gasteiger partial charge on any atom is -0.503 e. The number of methoxy groups -OCH3 is 1. The predicted molar refractivity (Wildman–Crippen MR) is 124 cm³/mol. The minimum atomic E-state index is -0.975. The van der Waals surface area contributed by atoms with Crippen molar-refractivity contribution in [2.24, 2.45) is 0 Å². The highest BCUT2D eigenvalue weighted by Crippen LogP contribution is 2.28. The van der Waals surface area contributed by atoms with Gasteiger partial charge in [-0.2, -0.15) is 0 Å². The van der Waals surface area contributed by atoms with Gasteiger partial charge in [0.25, 0.3) is 5.91 Å². The molecule has 1 fully saturated rings.